The van der Waals surface area contributed by atoms with Crippen LogP contribution in [0, 0.1) is 12.8 Å². The average molecular weight is 293 g/mol. The summed E-state index contributed by atoms with van der Waals surface area (Å²) in [6.07, 6.45) is 0. The SMILES string of the molecule is Cc1cc(C(=O)N(CCN(C)C)CC(C)C)cc(NN)n1. The van der Waals surface area contributed by atoms with E-state index in [1.165, 1.54) is 0 Å². The van der Waals surface area contributed by atoms with Crippen LogP contribution in [0.15, 0.2) is 12.1 Å². The van der Waals surface area contributed by atoms with Crippen LogP contribution in [-0.2, 0) is 0 Å². The van der Waals surface area contributed by atoms with Crippen molar-refractivity contribution >= 4 is 11.7 Å². The largest absolute Gasteiger partial charge is 0.337 e. The van der Waals surface area contributed by atoms with E-state index in [0.29, 0.717) is 23.8 Å². The van der Waals surface area contributed by atoms with Gasteiger partial charge < -0.3 is 15.2 Å². The lowest BCUT2D eigenvalue weighted by Gasteiger charge is -2.26. The van der Waals surface area contributed by atoms with Gasteiger partial charge in [0.25, 0.3) is 5.91 Å². The highest BCUT2D eigenvalue weighted by Gasteiger charge is 2.18. The molecular weight excluding hydrogens is 266 g/mol. The van der Waals surface area contributed by atoms with E-state index in [2.05, 4.69) is 29.2 Å². The number of anilines is 1. The number of aryl methyl sites for hydroxylation is 1. The molecule has 0 unspecified atom stereocenters. The number of aromatic nitrogens is 1. The fourth-order valence-electron chi connectivity index (χ4n) is 2.09. The number of amides is 1. The van der Waals surface area contributed by atoms with E-state index < -0.39 is 0 Å². The molecule has 0 spiro atoms. The molecule has 6 heteroatoms. The van der Waals surface area contributed by atoms with E-state index in [1.807, 2.05) is 25.9 Å². The minimum atomic E-state index is 0.0209. The number of nitrogen functional groups attached to an aromatic ring is 1. The van der Waals surface area contributed by atoms with Gasteiger partial charge in [-0.05, 0) is 39.1 Å². The van der Waals surface area contributed by atoms with E-state index in [1.54, 1.807) is 12.1 Å². The number of carbonyl (C=O) groups is 1. The first-order chi connectivity index (χ1) is 9.83. The zero-order valence-electron chi connectivity index (χ0n) is 13.7. The first kappa shape index (κ1) is 17.4. The van der Waals surface area contributed by atoms with Crippen LogP contribution in [0.4, 0.5) is 5.82 Å². The molecule has 1 aromatic rings. The second-order valence-corrected chi connectivity index (χ2v) is 5.98. The molecule has 21 heavy (non-hydrogen) atoms. The fraction of sp³-hybridized carbons (Fsp3) is 0.600. The molecule has 0 saturated carbocycles. The van der Waals surface area contributed by atoms with Crippen molar-refractivity contribution in [1.82, 2.24) is 14.8 Å². The molecule has 3 N–H and O–H groups in total. The van der Waals surface area contributed by atoms with Gasteiger partial charge in [0.05, 0.1) is 0 Å². The summed E-state index contributed by atoms with van der Waals surface area (Å²) >= 11 is 0. The van der Waals surface area contributed by atoms with Crippen molar-refractivity contribution < 1.29 is 4.79 Å². The topological polar surface area (TPSA) is 74.5 Å². The monoisotopic (exact) mass is 293 g/mol. The van der Waals surface area contributed by atoms with Crippen LogP contribution in [0.1, 0.15) is 29.9 Å². The van der Waals surface area contributed by atoms with E-state index in [0.717, 1.165) is 18.8 Å². The number of carbonyl (C=O) groups excluding carboxylic acids is 1. The molecule has 1 rings (SSSR count). The van der Waals surface area contributed by atoms with Crippen LogP contribution in [-0.4, -0.2) is 54.4 Å². The summed E-state index contributed by atoms with van der Waals surface area (Å²) in [7, 11) is 4.01. The standard InChI is InChI=1S/C15H27N5O/c1-11(2)10-20(7-6-19(4)5)15(21)13-8-12(3)17-14(9-13)18-16/h8-9,11H,6-7,10,16H2,1-5H3,(H,17,18). The maximum atomic E-state index is 12.7. The maximum absolute atomic E-state index is 12.7. The summed E-state index contributed by atoms with van der Waals surface area (Å²) in [6, 6.07) is 3.49. The Balaban J connectivity index is 2.95. The van der Waals surface area contributed by atoms with Gasteiger partial charge in [0.1, 0.15) is 5.82 Å². The molecule has 0 aliphatic rings. The number of rotatable bonds is 7. The number of pyridine rings is 1. The van der Waals surface area contributed by atoms with E-state index in [-0.39, 0.29) is 5.91 Å². The third-order valence-corrected chi connectivity index (χ3v) is 3.04. The molecule has 1 amide bonds. The lowest BCUT2D eigenvalue weighted by Crippen LogP contribution is -2.39. The van der Waals surface area contributed by atoms with Gasteiger partial charge in [0, 0.05) is 30.9 Å². The molecule has 1 aromatic heterocycles. The zero-order chi connectivity index (χ0) is 16.0. The summed E-state index contributed by atoms with van der Waals surface area (Å²) in [5.74, 6) is 6.35. The average Bonchev–Trinajstić information content (AvgIpc) is 2.41. The van der Waals surface area contributed by atoms with Crippen molar-refractivity contribution in [3.05, 3.63) is 23.4 Å². The third kappa shape index (κ3) is 5.69. The minimum Gasteiger partial charge on any atom is -0.337 e. The van der Waals surface area contributed by atoms with E-state index >= 15 is 0 Å². The molecule has 0 aromatic carbocycles. The van der Waals surface area contributed by atoms with E-state index in [9.17, 15) is 4.79 Å². The van der Waals surface area contributed by atoms with Crippen LogP contribution in [0.3, 0.4) is 0 Å². The van der Waals surface area contributed by atoms with Crippen molar-refractivity contribution in [3.63, 3.8) is 0 Å². The molecule has 6 nitrogen and oxygen atoms in total. The van der Waals surface area contributed by atoms with Gasteiger partial charge in [-0.25, -0.2) is 10.8 Å². The Labute approximate surface area is 127 Å². The molecule has 0 saturated heterocycles. The number of nitrogens with two attached hydrogens (primary N) is 1. The number of nitrogens with zero attached hydrogens (tertiary/aromatic N) is 3. The molecule has 0 aliphatic heterocycles. The van der Waals surface area contributed by atoms with Gasteiger partial charge in [-0.3, -0.25) is 4.79 Å². The first-order valence-electron chi connectivity index (χ1n) is 7.22. The van der Waals surface area contributed by atoms with Crippen LogP contribution in [0.5, 0.6) is 0 Å². The highest BCUT2D eigenvalue weighted by molar-refractivity contribution is 5.95. The second kappa shape index (κ2) is 7.95. The van der Waals surface area contributed by atoms with Crippen LogP contribution < -0.4 is 11.3 Å². The number of hydrogen-bond donors (Lipinski definition) is 2. The van der Waals surface area contributed by atoms with Gasteiger partial charge >= 0.3 is 0 Å². The number of hydrogen-bond acceptors (Lipinski definition) is 5. The first-order valence-corrected chi connectivity index (χ1v) is 7.22. The molecule has 118 valence electrons. The summed E-state index contributed by atoms with van der Waals surface area (Å²) in [6.45, 7) is 8.35. The fourth-order valence-corrected chi connectivity index (χ4v) is 2.09. The van der Waals surface area contributed by atoms with Crippen LogP contribution >= 0.6 is 0 Å². The zero-order valence-corrected chi connectivity index (χ0v) is 13.7. The van der Waals surface area contributed by atoms with Crippen LogP contribution in [0.25, 0.3) is 0 Å². The maximum Gasteiger partial charge on any atom is 0.254 e. The normalized spacial score (nSPS) is 11.0. The van der Waals surface area contributed by atoms with Crippen molar-refractivity contribution in [2.24, 2.45) is 11.8 Å². The Morgan fingerprint density at radius 2 is 2.00 bits per heavy atom. The van der Waals surface area contributed by atoms with Gasteiger partial charge in [-0.2, -0.15) is 0 Å². The highest BCUT2D eigenvalue weighted by Crippen LogP contribution is 2.13. The summed E-state index contributed by atoms with van der Waals surface area (Å²) in [5.41, 5.74) is 3.89. The van der Waals surface area contributed by atoms with Gasteiger partial charge in [0.15, 0.2) is 0 Å². The van der Waals surface area contributed by atoms with Crippen molar-refractivity contribution in [2.75, 3.05) is 39.2 Å². The smallest absolute Gasteiger partial charge is 0.254 e. The second-order valence-electron chi connectivity index (χ2n) is 5.98. The summed E-state index contributed by atoms with van der Waals surface area (Å²) in [4.78, 5) is 20.9. The van der Waals surface area contributed by atoms with Crippen LogP contribution in [0.2, 0.25) is 0 Å². The van der Waals surface area contributed by atoms with Crippen molar-refractivity contribution in [1.29, 1.82) is 0 Å². The van der Waals surface area contributed by atoms with Gasteiger partial charge in [-0.1, -0.05) is 13.8 Å². The quantitative estimate of drug-likeness (QED) is 0.586. The summed E-state index contributed by atoms with van der Waals surface area (Å²) in [5, 5.41) is 0. The Morgan fingerprint density at radius 3 is 2.52 bits per heavy atom. The molecule has 0 radical (unpaired) electrons. The number of likely N-dealkylation sites (N-methyl/N-ethyl adjacent to an activating group) is 1. The van der Waals surface area contributed by atoms with Gasteiger partial charge in [-0.15, -0.1) is 0 Å². The molecule has 0 aliphatic carbocycles. The van der Waals surface area contributed by atoms with Crippen molar-refractivity contribution in [2.45, 2.75) is 20.8 Å². The Hall–Kier alpha value is -1.66. The Kier molecular flexibility index (Phi) is 6.58. The number of hydrazine groups is 1. The molecule has 1 heterocycles. The van der Waals surface area contributed by atoms with E-state index in [4.69, 9.17) is 5.84 Å². The molecular formula is C15H27N5O. The third-order valence-electron chi connectivity index (χ3n) is 3.04. The highest BCUT2D eigenvalue weighted by atomic mass is 16.2. The van der Waals surface area contributed by atoms with Crippen molar-refractivity contribution in [3.8, 4) is 0 Å². The Morgan fingerprint density at radius 1 is 1.33 bits per heavy atom. The Bertz CT molecular complexity index is 473. The lowest BCUT2D eigenvalue weighted by molar-refractivity contribution is 0.0724. The summed E-state index contributed by atoms with van der Waals surface area (Å²) < 4.78 is 0. The molecule has 0 bridgehead atoms. The predicted octanol–water partition coefficient (Wildman–Crippen LogP) is 1.34. The van der Waals surface area contributed by atoms with Gasteiger partial charge in [0.2, 0.25) is 0 Å². The molecule has 0 atom stereocenters. The lowest BCUT2D eigenvalue weighted by atomic mass is 10.1. The molecule has 0 fully saturated rings. The minimum absolute atomic E-state index is 0.0209. The predicted molar refractivity (Wildman–Crippen MR) is 86.1 cm³/mol. The number of nitrogens with one attached hydrogen (secondary N) is 1.